The molecule has 0 saturated heterocycles. The number of rotatable bonds is 4. The Morgan fingerprint density at radius 1 is 1.50 bits per heavy atom. The first-order chi connectivity index (χ1) is 7.68. The first-order valence-corrected chi connectivity index (χ1v) is 5.64. The van der Waals surface area contributed by atoms with Crippen molar-refractivity contribution in [2.75, 3.05) is 6.61 Å². The number of hydrogen-bond donors (Lipinski definition) is 1. The molecule has 0 aromatic heterocycles. The Morgan fingerprint density at radius 3 is 2.81 bits per heavy atom. The average Bonchev–Trinajstić information content (AvgIpc) is 2.17. The summed E-state index contributed by atoms with van der Waals surface area (Å²) in [5.41, 5.74) is 1.15. The van der Waals surface area contributed by atoms with E-state index >= 15 is 0 Å². The number of carboxylic acid groups (broad SMARTS) is 1. The van der Waals surface area contributed by atoms with Crippen molar-refractivity contribution in [2.45, 2.75) is 26.2 Å². The predicted octanol–water partition coefficient (Wildman–Crippen LogP) is 2.87. The Bertz CT molecular complexity index is 394. The number of aromatic carboxylic acids is 1. The fraction of sp³-hybridized carbons (Fsp3) is 0.462. The fourth-order valence-electron chi connectivity index (χ4n) is 1.87. The van der Waals surface area contributed by atoms with Crippen LogP contribution in [0.5, 0.6) is 5.75 Å². The highest BCUT2D eigenvalue weighted by atomic mass is 16.5. The molecule has 86 valence electrons. The smallest absolute Gasteiger partial charge is 0.339 e. The maximum Gasteiger partial charge on any atom is 0.339 e. The van der Waals surface area contributed by atoms with Gasteiger partial charge in [0.2, 0.25) is 0 Å². The number of para-hydroxylation sites is 1. The Morgan fingerprint density at radius 2 is 2.25 bits per heavy atom. The van der Waals surface area contributed by atoms with Crippen molar-refractivity contribution in [1.82, 2.24) is 0 Å². The molecule has 16 heavy (non-hydrogen) atoms. The molecule has 0 spiro atoms. The number of aryl methyl sites for hydroxylation is 1. The van der Waals surface area contributed by atoms with E-state index in [0.717, 1.165) is 5.56 Å². The summed E-state index contributed by atoms with van der Waals surface area (Å²) in [6.45, 7) is 2.52. The molecular weight excluding hydrogens is 204 g/mol. The molecule has 0 amide bonds. The minimum Gasteiger partial charge on any atom is -0.492 e. The molecule has 3 heteroatoms. The van der Waals surface area contributed by atoms with Gasteiger partial charge in [0.05, 0.1) is 6.61 Å². The van der Waals surface area contributed by atoms with Gasteiger partial charge in [0.1, 0.15) is 11.3 Å². The molecule has 0 unspecified atom stereocenters. The lowest BCUT2D eigenvalue weighted by molar-refractivity contribution is 0.0689. The fourth-order valence-corrected chi connectivity index (χ4v) is 1.87. The molecule has 1 aromatic carbocycles. The third kappa shape index (κ3) is 2.18. The number of hydrogen-bond acceptors (Lipinski definition) is 2. The SMILES string of the molecule is Cc1cccc(C(=O)O)c1OCC1CCC1. The van der Waals surface area contributed by atoms with E-state index in [9.17, 15) is 4.79 Å². The van der Waals surface area contributed by atoms with Crippen molar-refractivity contribution in [1.29, 1.82) is 0 Å². The lowest BCUT2D eigenvalue weighted by Crippen LogP contribution is -2.20. The molecule has 0 bridgehead atoms. The van der Waals surface area contributed by atoms with E-state index in [-0.39, 0.29) is 5.56 Å². The van der Waals surface area contributed by atoms with Crippen LogP contribution in [-0.4, -0.2) is 17.7 Å². The standard InChI is InChI=1S/C13H16O3/c1-9-4-2-7-11(13(14)15)12(9)16-8-10-5-3-6-10/h2,4,7,10H,3,5-6,8H2,1H3,(H,14,15). The van der Waals surface area contributed by atoms with E-state index in [2.05, 4.69) is 0 Å². The molecule has 0 aliphatic heterocycles. The van der Waals surface area contributed by atoms with Gasteiger partial charge >= 0.3 is 5.97 Å². The summed E-state index contributed by atoms with van der Waals surface area (Å²) in [7, 11) is 0. The quantitative estimate of drug-likeness (QED) is 0.848. The summed E-state index contributed by atoms with van der Waals surface area (Å²) < 4.78 is 5.65. The van der Waals surface area contributed by atoms with Gasteiger partial charge in [0.15, 0.2) is 0 Å². The molecule has 1 aliphatic carbocycles. The van der Waals surface area contributed by atoms with Crippen molar-refractivity contribution in [2.24, 2.45) is 5.92 Å². The van der Waals surface area contributed by atoms with Crippen molar-refractivity contribution >= 4 is 5.97 Å². The molecule has 0 atom stereocenters. The highest BCUT2D eigenvalue weighted by Gasteiger charge is 2.20. The molecule has 0 heterocycles. The van der Waals surface area contributed by atoms with Crippen molar-refractivity contribution < 1.29 is 14.6 Å². The van der Waals surface area contributed by atoms with Gasteiger partial charge in [-0.05, 0) is 37.3 Å². The normalized spacial score (nSPS) is 15.6. The van der Waals surface area contributed by atoms with Crippen LogP contribution in [0.2, 0.25) is 0 Å². The largest absolute Gasteiger partial charge is 0.492 e. The summed E-state index contributed by atoms with van der Waals surface area (Å²) >= 11 is 0. The highest BCUT2D eigenvalue weighted by Crippen LogP contribution is 2.29. The molecular formula is C13H16O3. The van der Waals surface area contributed by atoms with Crippen molar-refractivity contribution in [3.63, 3.8) is 0 Å². The molecule has 1 aliphatic rings. The number of carboxylic acids is 1. The monoisotopic (exact) mass is 220 g/mol. The molecule has 1 fully saturated rings. The zero-order valence-corrected chi connectivity index (χ0v) is 9.40. The van der Waals surface area contributed by atoms with Crippen LogP contribution < -0.4 is 4.74 Å². The summed E-state index contributed by atoms with van der Waals surface area (Å²) in [6.07, 6.45) is 3.68. The second-order valence-corrected chi connectivity index (χ2v) is 4.36. The van der Waals surface area contributed by atoms with E-state index < -0.39 is 5.97 Å². The van der Waals surface area contributed by atoms with Gasteiger partial charge in [-0.2, -0.15) is 0 Å². The first kappa shape index (κ1) is 11.0. The summed E-state index contributed by atoms with van der Waals surface area (Å²) in [5, 5.41) is 9.05. The van der Waals surface area contributed by atoms with Gasteiger partial charge in [-0.3, -0.25) is 0 Å². The molecule has 1 aromatic rings. The van der Waals surface area contributed by atoms with Crippen LogP contribution in [0.4, 0.5) is 0 Å². The molecule has 3 nitrogen and oxygen atoms in total. The number of ether oxygens (including phenoxy) is 1. The topological polar surface area (TPSA) is 46.5 Å². The van der Waals surface area contributed by atoms with Crippen molar-refractivity contribution in [3.8, 4) is 5.75 Å². The third-order valence-corrected chi connectivity index (χ3v) is 3.13. The maximum atomic E-state index is 11.0. The van der Waals surface area contributed by atoms with Crippen molar-refractivity contribution in [3.05, 3.63) is 29.3 Å². The number of carbonyl (C=O) groups is 1. The van der Waals surface area contributed by atoms with Crippen LogP contribution in [0.1, 0.15) is 35.2 Å². The molecule has 1 N–H and O–H groups in total. The van der Waals surface area contributed by atoms with Gasteiger partial charge in [0.25, 0.3) is 0 Å². The third-order valence-electron chi connectivity index (χ3n) is 3.13. The molecule has 1 saturated carbocycles. The van der Waals surface area contributed by atoms with Gasteiger partial charge in [-0.25, -0.2) is 4.79 Å². The van der Waals surface area contributed by atoms with E-state index in [1.165, 1.54) is 19.3 Å². The zero-order chi connectivity index (χ0) is 11.5. The lowest BCUT2D eigenvalue weighted by Gasteiger charge is -2.25. The van der Waals surface area contributed by atoms with E-state index in [1.807, 2.05) is 13.0 Å². The second kappa shape index (κ2) is 4.56. The Balaban J connectivity index is 2.13. The Kier molecular flexibility index (Phi) is 3.13. The zero-order valence-electron chi connectivity index (χ0n) is 9.40. The lowest BCUT2D eigenvalue weighted by atomic mass is 9.86. The molecule has 2 rings (SSSR count). The van der Waals surface area contributed by atoms with Gasteiger partial charge in [-0.15, -0.1) is 0 Å². The van der Waals surface area contributed by atoms with Crippen LogP contribution in [-0.2, 0) is 0 Å². The second-order valence-electron chi connectivity index (χ2n) is 4.36. The summed E-state index contributed by atoms with van der Waals surface area (Å²) in [6, 6.07) is 5.21. The predicted molar refractivity (Wildman–Crippen MR) is 61.0 cm³/mol. The maximum absolute atomic E-state index is 11.0. The van der Waals surface area contributed by atoms with Crippen LogP contribution in [0.3, 0.4) is 0 Å². The van der Waals surface area contributed by atoms with Gasteiger partial charge < -0.3 is 9.84 Å². The summed E-state index contributed by atoms with van der Waals surface area (Å²) in [4.78, 5) is 11.0. The average molecular weight is 220 g/mol. The van der Waals surface area contributed by atoms with E-state index in [0.29, 0.717) is 18.3 Å². The van der Waals surface area contributed by atoms with Crippen LogP contribution >= 0.6 is 0 Å². The van der Waals surface area contributed by atoms with E-state index in [1.54, 1.807) is 12.1 Å². The minimum absolute atomic E-state index is 0.263. The number of benzene rings is 1. The van der Waals surface area contributed by atoms with E-state index in [4.69, 9.17) is 9.84 Å². The van der Waals surface area contributed by atoms with Crippen LogP contribution in [0.25, 0.3) is 0 Å². The van der Waals surface area contributed by atoms with Gasteiger partial charge in [-0.1, -0.05) is 18.6 Å². The van der Waals surface area contributed by atoms with Crippen LogP contribution in [0.15, 0.2) is 18.2 Å². The molecule has 0 radical (unpaired) electrons. The van der Waals surface area contributed by atoms with Crippen LogP contribution in [0, 0.1) is 12.8 Å². The Hall–Kier alpha value is -1.51. The van der Waals surface area contributed by atoms with Gasteiger partial charge in [0, 0.05) is 0 Å². The summed E-state index contributed by atoms with van der Waals surface area (Å²) in [5.74, 6) is 0.218. The highest BCUT2D eigenvalue weighted by molar-refractivity contribution is 5.91. The minimum atomic E-state index is -0.924. The Labute approximate surface area is 95.0 Å². The first-order valence-electron chi connectivity index (χ1n) is 5.64.